The zero-order valence-electron chi connectivity index (χ0n) is 30.2. The standard InChI is InChI=1S/C41H43Cl2N5O5/c1-45-40(49)31-20-47(21-31)38(29-9-12-33(13-10-29)52-24-27-7-5-6-26(16-27)19-44)39(48-22-32(23-48)41(50)46(2)3)30-11-15-36(37(18-30)51-4)53-25-28-8-14-34(42)35(43)17-28/h5-18,31-32,38-39H,20-25H2,1-4H3,(H,45,49). The van der Waals surface area contributed by atoms with Gasteiger partial charge in [-0.2, -0.15) is 5.26 Å². The summed E-state index contributed by atoms with van der Waals surface area (Å²) < 4.78 is 18.2. The van der Waals surface area contributed by atoms with Gasteiger partial charge >= 0.3 is 0 Å². The number of nitriles is 1. The zero-order valence-corrected chi connectivity index (χ0v) is 31.7. The number of ether oxygens (including phenoxy) is 3. The number of amides is 2. The summed E-state index contributed by atoms with van der Waals surface area (Å²) in [4.78, 5) is 32.0. The maximum absolute atomic E-state index is 13.0. The van der Waals surface area contributed by atoms with E-state index in [0.717, 1.165) is 22.3 Å². The van der Waals surface area contributed by atoms with Crippen LogP contribution in [0.3, 0.4) is 0 Å². The molecule has 0 spiro atoms. The minimum Gasteiger partial charge on any atom is -0.493 e. The molecule has 0 bridgehead atoms. The first kappa shape index (κ1) is 38.0. The van der Waals surface area contributed by atoms with E-state index in [9.17, 15) is 14.9 Å². The molecule has 0 radical (unpaired) electrons. The van der Waals surface area contributed by atoms with Gasteiger partial charge in [-0.3, -0.25) is 19.4 Å². The SMILES string of the molecule is CNC(=O)C1CN(C(c2ccc(OCc3cccc(C#N)c3)cc2)C(c2ccc(OCc3ccc(Cl)c(Cl)c3)c(OC)c2)N2CC(C(=O)N(C)C)C2)C1. The Balaban J connectivity index is 1.31. The van der Waals surface area contributed by atoms with Gasteiger partial charge in [0.2, 0.25) is 11.8 Å². The number of rotatable bonds is 14. The van der Waals surface area contributed by atoms with E-state index in [2.05, 4.69) is 33.3 Å². The Labute approximate surface area is 320 Å². The molecule has 53 heavy (non-hydrogen) atoms. The summed E-state index contributed by atoms with van der Waals surface area (Å²) in [5.41, 5.74) is 4.40. The first-order chi connectivity index (χ1) is 25.6. The van der Waals surface area contributed by atoms with Crippen LogP contribution in [-0.2, 0) is 22.8 Å². The molecule has 1 N–H and O–H groups in total. The van der Waals surface area contributed by atoms with Crippen LogP contribution >= 0.6 is 23.2 Å². The van der Waals surface area contributed by atoms with Crippen LogP contribution in [0.15, 0.2) is 84.9 Å². The van der Waals surface area contributed by atoms with Crippen molar-refractivity contribution in [3.05, 3.63) is 123 Å². The Morgan fingerprint density at radius 1 is 0.811 bits per heavy atom. The van der Waals surface area contributed by atoms with Crippen LogP contribution in [0.4, 0.5) is 0 Å². The molecule has 2 aliphatic heterocycles. The van der Waals surface area contributed by atoms with Gasteiger partial charge in [-0.05, 0) is 70.8 Å². The number of methoxy groups -OCH3 is 1. The van der Waals surface area contributed by atoms with E-state index in [1.54, 1.807) is 51.4 Å². The summed E-state index contributed by atoms with van der Waals surface area (Å²) in [6, 6.07) is 28.6. The highest BCUT2D eigenvalue weighted by atomic mass is 35.5. The van der Waals surface area contributed by atoms with E-state index in [4.69, 9.17) is 37.4 Å². The average Bonchev–Trinajstić information content (AvgIpc) is 3.14. The summed E-state index contributed by atoms with van der Waals surface area (Å²) in [5.74, 6) is 1.73. The third-order valence-electron chi connectivity index (χ3n) is 9.90. The number of carbonyl (C=O) groups excluding carboxylic acids is 2. The average molecular weight is 757 g/mol. The van der Waals surface area contributed by atoms with Gasteiger partial charge in [0, 0.05) is 47.3 Å². The molecule has 10 nitrogen and oxygen atoms in total. The number of benzene rings is 4. The molecule has 12 heteroatoms. The Bertz CT molecular complexity index is 1970. The maximum atomic E-state index is 13.0. The lowest BCUT2D eigenvalue weighted by molar-refractivity contribution is -0.143. The van der Waals surface area contributed by atoms with Crippen LogP contribution in [0.25, 0.3) is 0 Å². The molecule has 6 rings (SSSR count). The first-order valence-electron chi connectivity index (χ1n) is 17.5. The molecule has 2 heterocycles. The maximum Gasteiger partial charge on any atom is 0.227 e. The molecule has 0 aliphatic carbocycles. The normalized spacial score (nSPS) is 16.0. The molecule has 0 saturated carbocycles. The number of likely N-dealkylation sites (tertiary alicyclic amines) is 2. The number of nitrogens with zero attached hydrogens (tertiary/aromatic N) is 4. The number of hydrogen-bond acceptors (Lipinski definition) is 8. The van der Waals surface area contributed by atoms with Crippen molar-refractivity contribution in [2.75, 3.05) is 54.4 Å². The highest BCUT2D eigenvalue weighted by Crippen LogP contribution is 2.46. The van der Waals surface area contributed by atoms with Crippen molar-refractivity contribution in [2.45, 2.75) is 25.3 Å². The van der Waals surface area contributed by atoms with E-state index in [1.165, 1.54) is 0 Å². The molecular weight excluding hydrogens is 713 g/mol. The molecule has 4 aromatic rings. The number of nitrogens with one attached hydrogen (secondary N) is 1. The summed E-state index contributed by atoms with van der Waals surface area (Å²) in [6.45, 7) is 2.95. The highest BCUT2D eigenvalue weighted by molar-refractivity contribution is 6.42. The van der Waals surface area contributed by atoms with E-state index >= 15 is 0 Å². The predicted molar refractivity (Wildman–Crippen MR) is 204 cm³/mol. The second-order valence-electron chi connectivity index (χ2n) is 13.7. The molecular formula is C41H43Cl2N5O5. The largest absolute Gasteiger partial charge is 0.493 e. The van der Waals surface area contributed by atoms with Crippen LogP contribution in [0.5, 0.6) is 17.2 Å². The van der Waals surface area contributed by atoms with E-state index in [-0.39, 0.29) is 42.3 Å². The lowest BCUT2D eigenvalue weighted by atomic mass is 9.83. The van der Waals surface area contributed by atoms with Gasteiger partial charge in [0.1, 0.15) is 19.0 Å². The summed E-state index contributed by atoms with van der Waals surface area (Å²) in [6.07, 6.45) is 0. The summed E-state index contributed by atoms with van der Waals surface area (Å²) in [7, 11) is 6.86. The monoisotopic (exact) mass is 755 g/mol. The second-order valence-corrected chi connectivity index (χ2v) is 14.5. The minimum atomic E-state index is -0.189. The van der Waals surface area contributed by atoms with Crippen molar-refractivity contribution in [2.24, 2.45) is 11.8 Å². The van der Waals surface area contributed by atoms with Gasteiger partial charge in [0.15, 0.2) is 11.5 Å². The fraction of sp³-hybridized carbons (Fsp3) is 0.341. The number of halogens is 2. The minimum absolute atomic E-state index is 0.0199. The lowest BCUT2D eigenvalue weighted by Gasteiger charge is -2.52. The van der Waals surface area contributed by atoms with Crippen LogP contribution in [0, 0.1) is 23.2 Å². The van der Waals surface area contributed by atoms with Crippen molar-refractivity contribution in [1.29, 1.82) is 5.26 Å². The van der Waals surface area contributed by atoms with Crippen LogP contribution < -0.4 is 19.5 Å². The van der Waals surface area contributed by atoms with Gasteiger partial charge in [-0.25, -0.2) is 0 Å². The van der Waals surface area contributed by atoms with E-state index in [1.807, 2.05) is 54.6 Å². The number of carbonyl (C=O) groups is 2. The summed E-state index contributed by atoms with van der Waals surface area (Å²) in [5, 5.41) is 13.0. The molecule has 2 unspecified atom stereocenters. The molecule has 2 amide bonds. The van der Waals surface area contributed by atoms with Gasteiger partial charge in [0.05, 0.1) is 52.7 Å². The van der Waals surface area contributed by atoms with Crippen LogP contribution in [0.1, 0.15) is 39.9 Å². The van der Waals surface area contributed by atoms with Crippen molar-refractivity contribution >= 4 is 35.0 Å². The topological polar surface area (TPSA) is 107 Å². The third kappa shape index (κ3) is 8.72. The summed E-state index contributed by atoms with van der Waals surface area (Å²) >= 11 is 12.4. The van der Waals surface area contributed by atoms with E-state index in [0.29, 0.717) is 65.6 Å². The molecule has 2 fully saturated rings. The Hall–Kier alpha value is -4.79. The third-order valence-corrected chi connectivity index (χ3v) is 10.6. The van der Waals surface area contributed by atoms with Gasteiger partial charge < -0.3 is 24.4 Å². The van der Waals surface area contributed by atoms with Crippen LogP contribution in [-0.4, -0.2) is 80.9 Å². The molecule has 276 valence electrons. The fourth-order valence-corrected chi connectivity index (χ4v) is 7.31. The van der Waals surface area contributed by atoms with E-state index < -0.39 is 0 Å². The molecule has 2 saturated heterocycles. The van der Waals surface area contributed by atoms with Crippen LogP contribution in [0.2, 0.25) is 10.0 Å². The van der Waals surface area contributed by atoms with Crippen molar-refractivity contribution in [3.8, 4) is 23.3 Å². The Morgan fingerprint density at radius 3 is 2.09 bits per heavy atom. The van der Waals surface area contributed by atoms with Gasteiger partial charge in [0.25, 0.3) is 0 Å². The highest BCUT2D eigenvalue weighted by Gasteiger charge is 2.46. The Morgan fingerprint density at radius 2 is 1.45 bits per heavy atom. The van der Waals surface area contributed by atoms with Crippen molar-refractivity contribution in [1.82, 2.24) is 20.0 Å². The first-order valence-corrected chi connectivity index (χ1v) is 18.2. The fourth-order valence-electron chi connectivity index (χ4n) is 6.99. The van der Waals surface area contributed by atoms with Gasteiger partial charge in [-0.1, -0.05) is 59.6 Å². The predicted octanol–water partition coefficient (Wildman–Crippen LogP) is 6.51. The Kier molecular flexibility index (Phi) is 12.1. The van der Waals surface area contributed by atoms with Crippen molar-refractivity contribution in [3.63, 3.8) is 0 Å². The quantitative estimate of drug-likeness (QED) is 0.155. The van der Waals surface area contributed by atoms with Crippen molar-refractivity contribution < 1.29 is 23.8 Å². The number of hydrogen-bond donors (Lipinski definition) is 1. The molecule has 0 aromatic heterocycles. The molecule has 2 aliphatic rings. The molecule has 2 atom stereocenters. The smallest absolute Gasteiger partial charge is 0.227 e. The zero-order chi connectivity index (χ0) is 37.6. The molecule has 4 aromatic carbocycles. The second kappa shape index (κ2) is 16.9. The van der Waals surface area contributed by atoms with Gasteiger partial charge in [-0.15, -0.1) is 0 Å². The lowest BCUT2D eigenvalue weighted by Crippen LogP contribution is -2.60.